The third-order valence-electron chi connectivity index (χ3n) is 3.99. The molecule has 0 spiro atoms. The third kappa shape index (κ3) is 1.91. The van der Waals surface area contributed by atoms with Crippen LogP contribution < -0.4 is 4.90 Å². The summed E-state index contributed by atoms with van der Waals surface area (Å²) < 4.78 is 2.15. The number of carbonyl (C=O) groups is 1. The predicted molar refractivity (Wildman–Crippen MR) is 76.1 cm³/mol. The zero-order valence-corrected chi connectivity index (χ0v) is 11.5. The molecular formula is C15H19N3O. The number of aldehydes is 1. The van der Waals surface area contributed by atoms with E-state index in [9.17, 15) is 4.79 Å². The lowest BCUT2D eigenvalue weighted by molar-refractivity contribution is 0.112. The molecule has 1 saturated carbocycles. The average Bonchev–Trinajstić information content (AvgIpc) is 3.04. The van der Waals surface area contributed by atoms with Gasteiger partial charge in [-0.25, -0.2) is 4.98 Å². The van der Waals surface area contributed by atoms with Gasteiger partial charge in [0.05, 0.1) is 5.52 Å². The fraction of sp³-hybridized carbons (Fsp3) is 0.467. The van der Waals surface area contributed by atoms with Crippen LogP contribution in [0.25, 0.3) is 5.52 Å². The van der Waals surface area contributed by atoms with E-state index in [1.807, 2.05) is 26.2 Å². The molecule has 0 aliphatic heterocycles. The summed E-state index contributed by atoms with van der Waals surface area (Å²) in [5.41, 5.74) is 1.48. The Balaban J connectivity index is 2.27. The maximum Gasteiger partial charge on any atom is 0.170 e. The van der Waals surface area contributed by atoms with Crippen LogP contribution in [0.3, 0.4) is 0 Å². The van der Waals surface area contributed by atoms with Gasteiger partial charge in [-0.1, -0.05) is 18.9 Å². The van der Waals surface area contributed by atoms with Crippen molar-refractivity contribution < 1.29 is 4.79 Å². The standard InChI is InChI=1S/C15H19N3O/c1-17(2)14-9-5-8-13-12(10-19)16-15(18(13)14)11-6-3-4-7-11/h5,8-11H,3-4,6-7H2,1-2H3. The first kappa shape index (κ1) is 12.2. The minimum absolute atomic E-state index is 0.488. The Morgan fingerprint density at radius 1 is 1.32 bits per heavy atom. The summed E-state index contributed by atoms with van der Waals surface area (Å²) in [4.78, 5) is 17.9. The topological polar surface area (TPSA) is 37.6 Å². The highest BCUT2D eigenvalue weighted by Gasteiger charge is 2.24. The van der Waals surface area contributed by atoms with E-state index in [1.54, 1.807) is 0 Å². The largest absolute Gasteiger partial charge is 0.364 e. The van der Waals surface area contributed by atoms with E-state index in [4.69, 9.17) is 0 Å². The number of pyridine rings is 1. The van der Waals surface area contributed by atoms with Gasteiger partial charge in [0, 0.05) is 20.0 Å². The summed E-state index contributed by atoms with van der Waals surface area (Å²) >= 11 is 0. The van der Waals surface area contributed by atoms with Gasteiger partial charge in [0.1, 0.15) is 17.3 Å². The summed E-state index contributed by atoms with van der Waals surface area (Å²) in [6, 6.07) is 6.03. The molecule has 2 aromatic heterocycles. The first-order chi connectivity index (χ1) is 9.22. The van der Waals surface area contributed by atoms with Crippen molar-refractivity contribution in [2.75, 3.05) is 19.0 Å². The molecular weight excluding hydrogens is 238 g/mol. The number of rotatable bonds is 3. The number of anilines is 1. The average molecular weight is 257 g/mol. The first-order valence-electron chi connectivity index (χ1n) is 6.86. The molecule has 0 amide bonds. The molecule has 1 fully saturated rings. The Labute approximate surface area is 113 Å². The summed E-state index contributed by atoms with van der Waals surface area (Å²) in [6.07, 6.45) is 5.76. The van der Waals surface area contributed by atoms with Crippen LogP contribution in [0.4, 0.5) is 5.82 Å². The second-order valence-electron chi connectivity index (χ2n) is 5.45. The van der Waals surface area contributed by atoms with E-state index in [0.717, 1.165) is 23.4 Å². The Hall–Kier alpha value is -1.84. The van der Waals surface area contributed by atoms with Crippen LogP contribution >= 0.6 is 0 Å². The number of carbonyl (C=O) groups excluding carboxylic acids is 1. The zero-order chi connectivity index (χ0) is 13.4. The van der Waals surface area contributed by atoms with Gasteiger partial charge < -0.3 is 4.90 Å². The van der Waals surface area contributed by atoms with Gasteiger partial charge in [0.25, 0.3) is 0 Å². The van der Waals surface area contributed by atoms with Crippen LogP contribution in [0.5, 0.6) is 0 Å². The van der Waals surface area contributed by atoms with E-state index >= 15 is 0 Å². The molecule has 0 unspecified atom stereocenters. The minimum atomic E-state index is 0.488. The lowest BCUT2D eigenvalue weighted by Crippen LogP contribution is -2.14. The van der Waals surface area contributed by atoms with E-state index in [1.165, 1.54) is 25.7 Å². The third-order valence-corrected chi connectivity index (χ3v) is 3.99. The van der Waals surface area contributed by atoms with Crippen LogP contribution in [0.15, 0.2) is 18.2 Å². The van der Waals surface area contributed by atoms with Crippen molar-refractivity contribution >= 4 is 17.6 Å². The molecule has 0 bridgehead atoms. The highest BCUT2D eigenvalue weighted by molar-refractivity contribution is 5.84. The highest BCUT2D eigenvalue weighted by atomic mass is 16.1. The second-order valence-corrected chi connectivity index (χ2v) is 5.45. The molecule has 1 aliphatic carbocycles. The van der Waals surface area contributed by atoms with Crippen molar-refractivity contribution in [2.24, 2.45) is 0 Å². The fourth-order valence-corrected chi connectivity index (χ4v) is 3.06. The molecule has 0 saturated heterocycles. The number of fused-ring (bicyclic) bond motifs is 1. The quantitative estimate of drug-likeness (QED) is 0.793. The highest BCUT2D eigenvalue weighted by Crippen LogP contribution is 2.35. The Kier molecular flexibility index (Phi) is 3.01. The van der Waals surface area contributed by atoms with Gasteiger partial charge in [0.15, 0.2) is 6.29 Å². The number of hydrogen-bond donors (Lipinski definition) is 0. The minimum Gasteiger partial charge on any atom is -0.364 e. The van der Waals surface area contributed by atoms with E-state index in [2.05, 4.69) is 20.4 Å². The summed E-state index contributed by atoms with van der Waals surface area (Å²) in [5, 5.41) is 0. The lowest BCUT2D eigenvalue weighted by Gasteiger charge is -2.18. The molecule has 0 atom stereocenters. The molecule has 19 heavy (non-hydrogen) atoms. The molecule has 0 N–H and O–H groups in total. The van der Waals surface area contributed by atoms with Crippen molar-refractivity contribution in [1.29, 1.82) is 0 Å². The monoisotopic (exact) mass is 257 g/mol. The van der Waals surface area contributed by atoms with Crippen molar-refractivity contribution in [3.8, 4) is 0 Å². The molecule has 2 aromatic rings. The van der Waals surface area contributed by atoms with Crippen molar-refractivity contribution in [1.82, 2.24) is 9.38 Å². The number of hydrogen-bond acceptors (Lipinski definition) is 3. The molecule has 1 aliphatic rings. The van der Waals surface area contributed by atoms with E-state index in [-0.39, 0.29) is 0 Å². The molecule has 100 valence electrons. The van der Waals surface area contributed by atoms with Gasteiger partial charge in [0.2, 0.25) is 0 Å². The molecule has 2 heterocycles. The summed E-state index contributed by atoms with van der Waals surface area (Å²) in [6.45, 7) is 0. The maximum absolute atomic E-state index is 11.2. The lowest BCUT2D eigenvalue weighted by atomic mass is 10.1. The fourth-order valence-electron chi connectivity index (χ4n) is 3.06. The summed E-state index contributed by atoms with van der Waals surface area (Å²) in [7, 11) is 4.04. The van der Waals surface area contributed by atoms with Crippen LogP contribution in [0, 0.1) is 0 Å². The van der Waals surface area contributed by atoms with Crippen molar-refractivity contribution in [3.63, 3.8) is 0 Å². The van der Waals surface area contributed by atoms with Crippen molar-refractivity contribution in [3.05, 3.63) is 29.7 Å². The smallest absolute Gasteiger partial charge is 0.170 e. The van der Waals surface area contributed by atoms with Crippen LogP contribution in [0.2, 0.25) is 0 Å². The van der Waals surface area contributed by atoms with Crippen LogP contribution in [-0.2, 0) is 0 Å². The predicted octanol–water partition coefficient (Wildman–Crippen LogP) is 2.87. The molecule has 3 rings (SSSR count). The Morgan fingerprint density at radius 2 is 2.05 bits per heavy atom. The number of imidazole rings is 1. The molecule has 4 heteroatoms. The SMILES string of the molecule is CN(C)c1cccc2c(C=O)nc(C3CCCC3)n12. The molecule has 0 radical (unpaired) electrons. The molecule has 4 nitrogen and oxygen atoms in total. The summed E-state index contributed by atoms with van der Waals surface area (Å²) in [5.74, 6) is 2.63. The van der Waals surface area contributed by atoms with Crippen molar-refractivity contribution in [2.45, 2.75) is 31.6 Å². The van der Waals surface area contributed by atoms with Gasteiger partial charge in [-0.2, -0.15) is 0 Å². The molecule has 0 aromatic carbocycles. The van der Waals surface area contributed by atoms with Crippen LogP contribution in [-0.4, -0.2) is 29.8 Å². The number of nitrogens with zero attached hydrogens (tertiary/aromatic N) is 3. The van der Waals surface area contributed by atoms with E-state index < -0.39 is 0 Å². The van der Waals surface area contributed by atoms with Gasteiger partial charge in [-0.15, -0.1) is 0 Å². The van der Waals surface area contributed by atoms with E-state index in [0.29, 0.717) is 11.6 Å². The second kappa shape index (κ2) is 4.68. The van der Waals surface area contributed by atoms with Gasteiger partial charge >= 0.3 is 0 Å². The van der Waals surface area contributed by atoms with Gasteiger partial charge in [-0.05, 0) is 25.0 Å². The normalized spacial score (nSPS) is 16.1. The Bertz CT molecular complexity index is 609. The van der Waals surface area contributed by atoms with Crippen LogP contribution in [0.1, 0.15) is 47.9 Å². The first-order valence-corrected chi connectivity index (χ1v) is 6.86. The maximum atomic E-state index is 11.2. The Morgan fingerprint density at radius 3 is 2.68 bits per heavy atom. The number of aromatic nitrogens is 2. The zero-order valence-electron chi connectivity index (χ0n) is 11.5. The van der Waals surface area contributed by atoms with Gasteiger partial charge in [-0.3, -0.25) is 9.20 Å².